The Balaban J connectivity index is 2.16. The number of methoxy groups -OCH3 is 1. The number of likely N-dealkylation sites (tertiary alicyclic amines) is 1. The van der Waals surface area contributed by atoms with Gasteiger partial charge < -0.3 is 15.4 Å². The van der Waals surface area contributed by atoms with Gasteiger partial charge in [-0.15, -0.1) is 0 Å². The Bertz CT molecular complexity index is 428. The molecule has 2 rings (SSSR count). The number of ether oxygens (including phenoxy) is 1. The van der Waals surface area contributed by atoms with Crippen molar-refractivity contribution in [2.75, 3.05) is 13.7 Å². The van der Waals surface area contributed by atoms with Crippen molar-refractivity contribution in [3.05, 3.63) is 29.8 Å². The minimum absolute atomic E-state index is 0.0162. The van der Waals surface area contributed by atoms with E-state index in [2.05, 4.69) is 0 Å². The molecule has 1 fully saturated rings. The normalized spacial score (nSPS) is 21.0. The Labute approximate surface area is 114 Å². The van der Waals surface area contributed by atoms with Crippen LogP contribution in [0.1, 0.15) is 36.5 Å². The number of benzene rings is 1. The Morgan fingerprint density at radius 3 is 2.63 bits per heavy atom. The first kappa shape index (κ1) is 13.9. The van der Waals surface area contributed by atoms with Crippen molar-refractivity contribution >= 4 is 5.91 Å². The van der Waals surface area contributed by atoms with Crippen molar-refractivity contribution in [2.45, 2.75) is 38.3 Å². The minimum atomic E-state index is 0.0162. The topological polar surface area (TPSA) is 55.6 Å². The fourth-order valence-electron chi connectivity index (χ4n) is 2.66. The van der Waals surface area contributed by atoms with Crippen molar-refractivity contribution in [3.8, 4) is 5.75 Å². The molecule has 0 aromatic heterocycles. The third-order valence-electron chi connectivity index (χ3n) is 3.75. The number of nitrogens with two attached hydrogens (primary N) is 1. The second-order valence-corrected chi connectivity index (χ2v) is 5.15. The number of nitrogens with zero attached hydrogens (tertiary/aromatic N) is 1. The van der Waals surface area contributed by atoms with E-state index in [1.165, 1.54) is 0 Å². The number of rotatable bonds is 3. The van der Waals surface area contributed by atoms with Gasteiger partial charge in [-0.1, -0.05) is 0 Å². The van der Waals surface area contributed by atoms with E-state index in [0.717, 1.165) is 31.6 Å². The minimum Gasteiger partial charge on any atom is -0.497 e. The molecule has 1 heterocycles. The first-order valence-electron chi connectivity index (χ1n) is 6.84. The highest BCUT2D eigenvalue weighted by Gasteiger charge is 2.29. The molecule has 0 bridgehead atoms. The van der Waals surface area contributed by atoms with Crippen LogP contribution in [-0.2, 0) is 0 Å². The van der Waals surface area contributed by atoms with Gasteiger partial charge >= 0.3 is 0 Å². The van der Waals surface area contributed by atoms with Gasteiger partial charge in [-0.2, -0.15) is 0 Å². The summed E-state index contributed by atoms with van der Waals surface area (Å²) in [6.45, 7) is 2.78. The van der Waals surface area contributed by atoms with Crippen molar-refractivity contribution < 1.29 is 9.53 Å². The molecule has 1 amide bonds. The van der Waals surface area contributed by atoms with Gasteiger partial charge in [0, 0.05) is 24.2 Å². The van der Waals surface area contributed by atoms with Crippen LogP contribution in [0.25, 0.3) is 0 Å². The second-order valence-electron chi connectivity index (χ2n) is 5.15. The lowest BCUT2D eigenvalue weighted by Crippen LogP contribution is -2.51. The van der Waals surface area contributed by atoms with Crippen LogP contribution < -0.4 is 10.5 Å². The number of carbonyl (C=O) groups excluding carboxylic acids is 1. The highest BCUT2D eigenvalue weighted by atomic mass is 16.5. The van der Waals surface area contributed by atoms with Crippen LogP contribution in [0.3, 0.4) is 0 Å². The molecule has 1 aromatic carbocycles. The summed E-state index contributed by atoms with van der Waals surface area (Å²) in [6, 6.07) is 7.43. The van der Waals surface area contributed by atoms with E-state index >= 15 is 0 Å². The van der Waals surface area contributed by atoms with Crippen LogP contribution in [0.4, 0.5) is 0 Å². The highest BCUT2D eigenvalue weighted by molar-refractivity contribution is 5.94. The summed E-state index contributed by atoms with van der Waals surface area (Å²) >= 11 is 0. The van der Waals surface area contributed by atoms with Gasteiger partial charge in [-0.05, 0) is 50.5 Å². The highest BCUT2D eigenvalue weighted by Crippen LogP contribution is 2.22. The largest absolute Gasteiger partial charge is 0.497 e. The monoisotopic (exact) mass is 262 g/mol. The zero-order chi connectivity index (χ0) is 13.8. The molecule has 1 aliphatic rings. The molecule has 1 saturated heterocycles. The molecule has 0 saturated carbocycles. The van der Waals surface area contributed by atoms with Gasteiger partial charge in [0.15, 0.2) is 0 Å². The summed E-state index contributed by atoms with van der Waals surface area (Å²) in [5, 5.41) is 0. The molecule has 1 aliphatic heterocycles. The van der Waals surface area contributed by atoms with Crippen LogP contribution in [0.2, 0.25) is 0 Å². The fraction of sp³-hybridized carbons (Fsp3) is 0.533. The maximum Gasteiger partial charge on any atom is 0.254 e. The summed E-state index contributed by atoms with van der Waals surface area (Å²) in [6.07, 6.45) is 3.21. The SMILES string of the molecule is COc1ccc(C(=O)N2CCCCC2C(C)N)cc1. The van der Waals surface area contributed by atoms with Crippen molar-refractivity contribution in [2.24, 2.45) is 5.73 Å². The lowest BCUT2D eigenvalue weighted by Gasteiger charge is -2.38. The molecule has 2 N–H and O–H groups in total. The van der Waals surface area contributed by atoms with Gasteiger partial charge in [0.2, 0.25) is 0 Å². The lowest BCUT2D eigenvalue weighted by molar-refractivity contribution is 0.0584. The van der Waals surface area contributed by atoms with E-state index < -0.39 is 0 Å². The average Bonchev–Trinajstić information content (AvgIpc) is 2.46. The van der Waals surface area contributed by atoms with Gasteiger partial charge in [0.25, 0.3) is 5.91 Å². The Kier molecular flexibility index (Phi) is 4.43. The summed E-state index contributed by atoms with van der Waals surface area (Å²) < 4.78 is 5.11. The molecule has 0 spiro atoms. The number of hydrogen-bond acceptors (Lipinski definition) is 3. The number of carbonyl (C=O) groups is 1. The zero-order valence-corrected chi connectivity index (χ0v) is 11.6. The smallest absolute Gasteiger partial charge is 0.254 e. The van der Waals surface area contributed by atoms with Gasteiger partial charge in [-0.3, -0.25) is 4.79 Å². The molecule has 2 atom stereocenters. The summed E-state index contributed by atoms with van der Waals surface area (Å²) in [4.78, 5) is 14.5. The number of hydrogen-bond donors (Lipinski definition) is 1. The van der Waals surface area contributed by atoms with E-state index in [1.54, 1.807) is 7.11 Å². The molecule has 0 radical (unpaired) electrons. The van der Waals surface area contributed by atoms with Crippen molar-refractivity contribution in [1.29, 1.82) is 0 Å². The Hall–Kier alpha value is -1.55. The average molecular weight is 262 g/mol. The van der Waals surface area contributed by atoms with Crippen LogP contribution in [0.15, 0.2) is 24.3 Å². The van der Waals surface area contributed by atoms with E-state index in [-0.39, 0.29) is 18.0 Å². The standard InChI is InChI=1S/C15H22N2O2/c1-11(16)14-5-3-4-10-17(14)15(18)12-6-8-13(19-2)9-7-12/h6-9,11,14H,3-5,10,16H2,1-2H3. The number of piperidine rings is 1. The van der Waals surface area contributed by atoms with E-state index in [4.69, 9.17) is 10.5 Å². The lowest BCUT2D eigenvalue weighted by atomic mass is 9.96. The van der Waals surface area contributed by atoms with Crippen LogP contribution in [0.5, 0.6) is 5.75 Å². The maximum absolute atomic E-state index is 12.5. The summed E-state index contributed by atoms with van der Waals surface area (Å²) in [5.41, 5.74) is 6.71. The fourth-order valence-corrected chi connectivity index (χ4v) is 2.66. The second kappa shape index (κ2) is 6.06. The van der Waals surface area contributed by atoms with Crippen LogP contribution in [-0.4, -0.2) is 36.5 Å². The molecule has 4 nitrogen and oxygen atoms in total. The third-order valence-corrected chi connectivity index (χ3v) is 3.75. The first-order valence-corrected chi connectivity index (χ1v) is 6.84. The van der Waals surface area contributed by atoms with E-state index in [9.17, 15) is 4.79 Å². The molecule has 4 heteroatoms. The quantitative estimate of drug-likeness (QED) is 0.907. The molecule has 104 valence electrons. The van der Waals surface area contributed by atoms with Crippen molar-refractivity contribution in [1.82, 2.24) is 4.90 Å². The van der Waals surface area contributed by atoms with Crippen molar-refractivity contribution in [3.63, 3.8) is 0 Å². The molecule has 2 unspecified atom stereocenters. The Morgan fingerprint density at radius 2 is 2.05 bits per heavy atom. The van der Waals surface area contributed by atoms with Gasteiger partial charge in [0.1, 0.15) is 5.75 Å². The summed E-state index contributed by atoms with van der Waals surface area (Å²) in [5.74, 6) is 0.837. The van der Waals surface area contributed by atoms with E-state index in [0.29, 0.717) is 5.56 Å². The predicted octanol–water partition coefficient (Wildman–Crippen LogP) is 2.04. The van der Waals surface area contributed by atoms with Gasteiger partial charge in [0.05, 0.1) is 7.11 Å². The van der Waals surface area contributed by atoms with Crippen LogP contribution >= 0.6 is 0 Å². The van der Waals surface area contributed by atoms with Gasteiger partial charge in [-0.25, -0.2) is 0 Å². The zero-order valence-electron chi connectivity index (χ0n) is 11.6. The molecule has 0 aliphatic carbocycles. The molecular formula is C15H22N2O2. The first-order chi connectivity index (χ1) is 9.13. The van der Waals surface area contributed by atoms with E-state index in [1.807, 2.05) is 36.1 Å². The molecular weight excluding hydrogens is 240 g/mol. The predicted molar refractivity (Wildman–Crippen MR) is 75.3 cm³/mol. The summed E-state index contributed by atoms with van der Waals surface area (Å²) in [7, 11) is 1.62. The third kappa shape index (κ3) is 3.07. The maximum atomic E-state index is 12.5. The number of amides is 1. The Morgan fingerprint density at radius 1 is 1.37 bits per heavy atom. The molecule has 1 aromatic rings. The molecule has 19 heavy (non-hydrogen) atoms. The van der Waals surface area contributed by atoms with Crippen LogP contribution in [0, 0.1) is 0 Å².